The van der Waals surface area contributed by atoms with Crippen LogP contribution in [0.25, 0.3) is 10.8 Å². The van der Waals surface area contributed by atoms with Crippen molar-refractivity contribution in [3.05, 3.63) is 48.5 Å². The zero-order valence-corrected chi connectivity index (χ0v) is 5.31. The monoisotopic (exact) mass is 124 g/mol. The van der Waals surface area contributed by atoms with Crippen molar-refractivity contribution in [2.75, 3.05) is 0 Å². The molecule has 0 amide bonds. The summed E-state index contributed by atoms with van der Waals surface area (Å²) in [4.78, 5) is 0. The molecular weight excluding hydrogens is 120 g/mol. The maximum atomic E-state index is 2.98. The van der Waals surface area contributed by atoms with E-state index in [0.717, 1.165) is 10.8 Å². The maximum Gasteiger partial charge on any atom is -0.000695 e. The Morgan fingerprint density at radius 1 is 1.20 bits per heavy atom. The van der Waals surface area contributed by atoms with Gasteiger partial charge in [-0.3, -0.25) is 0 Å². The molecule has 10 heavy (non-hydrogen) atoms. The molecule has 2 rings (SSSR count). The summed E-state index contributed by atoms with van der Waals surface area (Å²) in [7, 11) is 0. The molecule has 44 valence electrons. The van der Waals surface area contributed by atoms with E-state index in [0.29, 0.717) is 0 Å². The highest BCUT2D eigenvalue weighted by Crippen LogP contribution is 2.09. The van der Waals surface area contributed by atoms with Gasteiger partial charge in [-0.05, 0) is 47.2 Å². The molecule has 4 radical (unpaired) electrons. The first-order valence-corrected chi connectivity index (χ1v) is 3.07. The highest BCUT2D eigenvalue weighted by atomic mass is 13.9. The predicted molar refractivity (Wildman–Crippen MR) is 39.3 cm³/mol. The van der Waals surface area contributed by atoms with Crippen LogP contribution in [0, 0.1) is 24.3 Å². The minimum Gasteiger partial charge on any atom is -0.0537 e. The summed E-state index contributed by atoms with van der Waals surface area (Å²) in [6.07, 6.45) is 0. The van der Waals surface area contributed by atoms with Gasteiger partial charge in [0.15, 0.2) is 0 Å². The summed E-state index contributed by atoms with van der Waals surface area (Å²) in [5.74, 6) is 0. The van der Waals surface area contributed by atoms with E-state index >= 15 is 0 Å². The van der Waals surface area contributed by atoms with Crippen LogP contribution in [-0.4, -0.2) is 0 Å². The average Bonchev–Trinajstić information content (AvgIpc) is 2.05. The van der Waals surface area contributed by atoms with Gasteiger partial charge in [0.05, 0.1) is 0 Å². The Bertz CT molecular complexity index is 271. The maximum absolute atomic E-state index is 2.98. The third kappa shape index (κ3) is 0.781. The topological polar surface area (TPSA) is 0 Å². The van der Waals surface area contributed by atoms with E-state index in [2.05, 4.69) is 24.3 Å². The van der Waals surface area contributed by atoms with E-state index in [-0.39, 0.29) is 0 Å². The van der Waals surface area contributed by atoms with Crippen molar-refractivity contribution in [3.8, 4) is 0 Å². The van der Waals surface area contributed by atoms with Crippen molar-refractivity contribution in [1.29, 1.82) is 0 Å². The second kappa shape index (κ2) is 2.14. The molecule has 0 atom stereocenters. The van der Waals surface area contributed by atoms with Gasteiger partial charge in [0.1, 0.15) is 0 Å². The van der Waals surface area contributed by atoms with Crippen molar-refractivity contribution in [3.63, 3.8) is 0 Å². The predicted octanol–water partition coefficient (Wildman–Crippen LogP) is 2.04. The van der Waals surface area contributed by atoms with Crippen LogP contribution in [0.4, 0.5) is 0 Å². The molecule has 0 N–H and O–H groups in total. The highest BCUT2D eigenvalue weighted by Gasteiger charge is 1.86. The zero-order valence-electron chi connectivity index (χ0n) is 5.31. The summed E-state index contributed by atoms with van der Waals surface area (Å²) >= 11 is 0. The summed E-state index contributed by atoms with van der Waals surface area (Å²) in [6, 6.07) is 19.2. The van der Waals surface area contributed by atoms with Crippen molar-refractivity contribution in [2.45, 2.75) is 0 Å². The Hall–Kier alpha value is -1.30. The molecule has 0 saturated heterocycles. The third-order valence-corrected chi connectivity index (χ3v) is 1.39. The largest absolute Gasteiger partial charge is 0.0537 e. The standard InChI is InChI=1S/C10H4/c1-2-6-10-8-4-3-7-9(10)5-1/h1,5-6,8H. The van der Waals surface area contributed by atoms with E-state index in [1.807, 2.05) is 24.3 Å². The lowest BCUT2D eigenvalue weighted by atomic mass is 10.1. The van der Waals surface area contributed by atoms with Gasteiger partial charge in [0.25, 0.3) is 0 Å². The Morgan fingerprint density at radius 3 is 3.10 bits per heavy atom. The molecule has 0 heteroatoms. The van der Waals surface area contributed by atoms with Crippen LogP contribution in [0.15, 0.2) is 24.3 Å². The lowest BCUT2D eigenvalue weighted by molar-refractivity contribution is 1.70. The Balaban J connectivity index is 2.89. The molecule has 0 nitrogen and oxygen atoms in total. The average molecular weight is 124 g/mol. The minimum absolute atomic E-state index is 1.07. The third-order valence-electron chi connectivity index (χ3n) is 1.39. The SMILES string of the molecule is [c]1[c]cc2c[c]ccc2[c]1. The Morgan fingerprint density at radius 2 is 2.20 bits per heavy atom. The second-order valence-corrected chi connectivity index (χ2v) is 2.05. The summed E-state index contributed by atoms with van der Waals surface area (Å²) in [6.45, 7) is 0. The van der Waals surface area contributed by atoms with Gasteiger partial charge in [-0.15, -0.1) is 0 Å². The first kappa shape index (κ1) is 5.48. The van der Waals surface area contributed by atoms with Gasteiger partial charge < -0.3 is 0 Å². The summed E-state index contributed by atoms with van der Waals surface area (Å²) < 4.78 is 0. The molecule has 0 aliphatic carbocycles. The van der Waals surface area contributed by atoms with Gasteiger partial charge in [-0.25, -0.2) is 0 Å². The zero-order chi connectivity index (χ0) is 6.81. The van der Waals surface area contributed by atoms with E-state index < -0.39 is 0 Å². The van der Waals surface area contributed by atoms with Gasteiger partial charge in [0.2, 0.25) is 0 Å². The number of benzene rings is 2. The molecule has 0 saturated carbocycles. The molecule has 2 aromatic carbocycles. The highest BCUT2D eigenvalue weighted by molar-refractivity contribution is 5.80. The molecule has 0 fully saturated rings. The van der Waals surface area contributed by atoms with Crippen LogP contribution in [-0.2, 0) is 0 Å². The molecule has 0 unspecified atom stereocenters. The molecule has 2 aromatic rings. The molecule has 0 aliphatic rings. The van der Waals surface area contributed by atoms with Crippen molar-refractivity contribution >= 4 is 10.8 Å². The fraction of sp³-hybridized carbons (Fsp3) is 0. The van der Waals surface area contributed by atoms with Gasteiger partial charge in [-0.1, -0.05) is 12.1 Å². The van der Waals surface area contributed by atoms with E-state index in [9.17, 15) is 0 Å². The molecule has 0 aromatic heterocycles. The summed E-state index contributed by atoms with van der Waals surface area (Å²) in [5.41, 5.74) is 0. The van der Waals surface area contributed by atoms with Crippen LogP contribution in [0.1, 0.15) is 0 Å². The van der Waals surface area contributed by atoms with Crippen molar-refractivity contribution < 1.29 is 0 Å². The van der Waals surface area contributed by atoms with Crippen molar-refractivity contribution in [1.82, 2.24) is 0 Å². The smallest absolute Gasteiger partial charge is 0.000695 e. The number of hydrogen-bond donors (Lipinski definition) is 0. The number of fused-ring (bicyclic) bond motifs is 1. The van der Waals surface area contributed by atoms with Crippen LogP contribution >= 0.6 is 0 Å². The fourth-order valence-corrected chi connectivity index (χ4v) is 0.894. The van der Waals surface area contributed by atoms with E-state index in [1.165, 1.54) is 0 Å². The molecular formula is C10H4. The van der Waals surface area contributed by atoms with Gasteiger partial charge >= 0.3 is 0 Å². The molecule has 0 heterocycles. The molecule has 0 spiro atoms. The Kier molecular flexibility index (Phi) is 1.17. The number of hydrogen-bond acceptors (Lipinski definition) is 0. The Labute approximate surface area is 60.1 Å². The van der Waals surface area contributed by atoms with E-state index in [4.69, 9.17) is 0 Å². The second-order valence-electron chi connectivity index (χ2n) is 2.05. The first-order valence-electron chi connectivity index (χ1n) is 3.07. The van der Waals surface area contributed by atoms with Crippen molar-refractivity contribution in [2.24, 2.45) is 0 Å². The van der Waals surface area contributed by atoms with Crippen LogP contribution in [0.2, 0.25) is 0 Å². The van der Waals surface area contributed by atoms with E-state index in [1.54, 1.807) is 0 Å². The lowest BCUT2D eigenvalue weighted by Crippen LogP contribution is -1.69. The summed E-state index contributed by atoms with van der Waals surface area (Å²) in [5, 5.41) is 2.18. The van der Waals surface area contributed by atoms with Crippen LogP contribution in [0.5, 0.6) is 0 Å². The minimum atomic E-state index is 1.07. The lowest BCUT2D eigenvalue weighted by Gasteiger charge is -1.90. The van der Waals surface area contributed by atoms with Gasteiger partial charge in [-0.2, -0.15) is 0 Å². The van der Waals surface area contributed by atoms with Crippen LogP contribution in [0.3, 0.4) is 0 Å². The quantitative estimate of drug-likeness (QED) is 0.504. The number of rotatable bonds is 0. The molecule has 0 bridgehead atoms. The fourth-order valence-electron chi connectivity index (χ4n) is 0.894. The first-order chi connectivity index (χ1) is 4.97. The van der Waals surface area contributed by atoms with Crippen LogP contribution < -0.4 is 0 Å². The normalized spacial score (nSPS) is 10.0. The molecule has 0 aliphatic heterocycles. The van der Waals surface area contributed by atoms with Gasteiger partial charge in [0, 0.05) is 0 Å².